The second-order valence-electron chi connectivity index (χ2n) is 19.7. The Morgan fingerprint density at radius 1 is 0.500 bits per heavy atom. The lowest BCUT2D eigenvalue weighted by molar-refractivity contribution is -0.143. The summed E-state index contributed by atoms with van der Waals surface area (Å²) in [6.07, 6.45) is 5.30. The maximum atomic E-state index is 15.5. The summed E-state index contributed by atoms with van der Waals surface area (Å²) in [7, 11) is 0. The van der Waals surface area contributed by atoms with Crippen molar-refractivity contribution in [3.63, 3.8) is 0 Å². The number of halogens is 1. The van der Waals surface area contributed by atoms with E-state index in [-0.39, 0.29) is 63.9 Å². The van der Waals surface area contributed by atoms with Gasteiger partial charge in [-0.3, -0.25) is 0 Å². The molecule has 2 aliphatic carbocycles. The number of esters is 6. The average molecular weight is 1080 g/mol. The van der Waals surface area contributed by atoms with Crippen molar-refractivity contribution in [3.8, 4) is 67.5 Å². The third-order valence-corrected chi connectivity index (χ3v) is 13.4. The van der Waals surface area contributed by atoms with Crippen LogP contribution in [0.4, 0.5) is 4.39 Å². The van der Waals surface area contributed by atoms with Gasteiger partial charge in [-0.25, -0.2) is 33.2 Å². The van der Waals surface area contributed by atoms with E-state index in [4.69, 9.17) is 28.4 Å². The van der Waals surface area contributed by atoms with Gasteiger partial charge in [0.25, 0.3) is 0 Å². The molecule has 2 aliphatic rings. The van der Waals surface area contributed by atoms with E-state index in [9.17, 15) is 28.8 Å². The molecule has 0 amide bonds. The van der Waals surface area contributed by atoms with Crippen molar-refractivity contribution in [2.45, 2.75) is 79.2 Å². The molecule has 6 aromatic carbocycles. The van der Waals surface area contributed by atoms with Gasteiger partial charge in [0.05, 0.1) is 6.61 Å². The highest BCUT2D eigenvalue weighted by atomic mass is 19.1. The molecular formula is C67H61FO12. The molecule has 8 rings (SSSR count). The standard InChI is InChI=1S/C34H32O6.C33H29FO6/c1-8-32(35)39-30-14-10-23-17-24(9-12-26(23)30)28-15-22(7)29(16-21(28)6)27-13-11-25(38-33(36)19(2)3)18-31(27)40-34(37)20(4)5;1-6-31(35)38-18-24-8-7-21-15-22(9-12-26(21)24)27-13-10-23(16-29(27)34)28-14-11-25(39-32(36)19(2)3)17-30(28)40-33(37)20(4)5/h8-9,11-13,15-18,30H,1-2,4,10,14H2,3,5-7H3;6,9-17,24H,1-2,4,7-8,18H2,3,5H3. The SMILES string of the molecule is C=CC(=O)OC1CCc2cc(-c3cc(C)c(-c4ccc(OC(=O)C(=C)C)cc4OC(=O)C(=C)C)cc3C)ccc21.C=CC(=O)OCC1CCc2cc(-c3ccc(-c4ccc(OC(=O)C(=C)C)cc4OC(=O)C(=C)C)cc3F)ccc21. The van der Waals surface area contributed by atoms with Crippen molar-refractivity contribution in [2.24, 2.45) is 0 Å². The molecule has 80 heavy (non-hydrogen) atoms. The van der Waals surface area contributed by atoms with Crippen LogP contribution in [0.15, 0.2) is 177 Å². The second-order valence-corrected chi connectivity index (χ2v) is 19.7. The molecule has 2 unspecified atom stereocenters. The lowest BCUT2D eigenvalue weighted by atomic mass is 9.90. The lowest BCUT2D eigenvalue weighted by Gasteiger charge is -2.17. The van der Waals surface area contributed by atoms with Crippen LogP contribution in [0, 0.1) is 19.7 Å². The Balaban J connectivity index is 0.000000231. The van der Waals surface area contributed by atoms with Gasteiger partial charge in [-0.2, -0.15) is 0 Å². The van der Waals surface area contributed by atoms with Gasteiger partial charge < -0.3 is 28.4 Å². The van der Waals surface area contributed by atoms with Gasteiger partial charge in [0.1, 0.15) is 34.9 Å². The number of fused-ring (bicyclic) bond motifs is 2. The average Bonchev–Trinajstić information content (AvgIpc) is 4.09. The smallest absolute Gasteiger partial charge is 0.338 e. The first-order valence-corrected chi connectivity index (χ1v) is 25.6. The molecule has 6 aromatic rings. The van der Waals surface area contributed by atoms with Gasteiger partial charge >= 0.3 is 35.8 Å². The Labute approximate surface area is 465 Å². The van der Waals surface area contributed by atoms with Gasteiger partial charge in [0.15, 0.2) is 0 Å². The minimum atomic E-state index is -0.669. The summed E-state index contributed by atoms with van der Waals surface area (Å²) < 4.78 is 48.0. The Kier molecular flexibility index (Phi) is 18.4. The predicted octanol–water partition coefficient (Wildman–Crippen LogP) is 14.2. The molecule has 0 saturated carbocycles. The van der Waals surface area contributed by atoms with Crippen LogP contribution in [0.2, 0.25) is 0 Å². The molecule has 0 saturated heterocycles. The number of ether oxygens (including phenoxy) is 6. The summed E-state index contributed by atoms with van der Waals surface area (Å²) in [6.45, 7) is 31.8. The molecule has 0 bridgehead atoms. The molecule has 13 heteroatoms. The number of rotatable bonds is 17. The number of benzene rings is 6. The Bertz CT molecular complexity index is 3600. The van der Waals surface area contributed by atoms with E-state index in [0.717, 1.165) is 87.4 Å². The van der Waals surface area contributed by atoms with Crippen molar-refractivity contribution < 1.29 is 61.6 Å². The summed E-state index contributed by atoms with van der Waals surface area (Å²) in [4.78, 5) is 71.9. The monoisotopic (exact) mass is 1080 g/mol. The minimum Gasteiger partial charge on any atom is -0.462 e. The van der Waals surface area contributed by atoms with Crippen LogP contribution in [-0.2, 0) is 51.1 Å². The highest BCUT2D eigenvalue weighted by molar-refractivity contribution is 5.93. The summed E-state index contributed by atoms with van der Waals surface area (Å²) in [5, 5.41) is 0. The van der Waals surface area contributed by atoms with Crippen LogP contribution in [-0.4, -0.2) is 42.4 Å². The third kappa shape index (κ3) is 13.8. The van der Waals surface area contributed by atoms with Crippen molar-refractivity contribution in [2.75, 3.05) is 6.61 Å². The van der Waals surface area contributed by atoms with E-state index in [0.29, 0.717) is 22.3 Å². The maximum absolute atomic E-state index is 15.5. The van der Waals surface area contributed by atoms with Crippen LogP contribution < -0.4 is 18.9 Å². The normalized spacial score (nSPS) is 13.6. The van der Waals surface area contributed by atoms with E-state index < -0.39 is 41.6 Å². The number of carbonyl (C=O) groups excluding carboxylic acids is 6. The second kappa shape index (κ2) is 25.3. The summed E-state index contributed by atoms with van der Waals surface area (Å²) in [6, 6.07) is 30.4. The molecule has 0 spiro atoms. The van der Waals surface area contributed by atoms with E-state index in [2.05, 4.69) is 57.7 Å². The fourth-order valence-electron chi connectivity index (χ4n) is 9.20. The van der Waals surface area contributed by atoms with Gasteiger partial charge in [-0.1, -0.05) is 100 Å². The first kappa shape index (κ1) is 58.2. The first-order chi connectivity index (χ1) is 38.0. The Hall–Kier alpha value is -9.49. The highest BCUT2D eigenvalue weighted by Gasteiger charge is 2.28. The quantitative estimate of drug-likeness (QED) is 0.0484. The van der Waals surface area contributed by atoms with E-state index in [1.807, 2.05) is 44.2 Å². The fourth-order valence-corrected chi connectivity index (χ4v) is 9.20. The Morgan fingerprint density at radius 2 is 0.950 bits per heavy atom. The summed E-state index contributed by atoms with van der Waals surface area (Å²) >= 11 is 0. The molecule has 0 N–H and O–H groups in total. The van der Waals surface area contributed by atoms with Crippen LogP contribution in [0.1, 0.15) is 85.9 Å². The minimum absolute atomic E-state index is 0.0906. The molecule has 0 heterocycles. The number of hydrogen-bond donors (Lipinski definition) is 0. The highest BCUT2D eigenvalue weighted by Crippen LogP contribution is 2.43. The van der Waals surface area contributed by atoms with Crippen LogP contribution in [0.5, 0.6) is 23.0 Å². The largest absolute Gasteiger partial charge is 0.462 e. The molecule has 2 atom stereocenters. The van der Waals surface area contributed by atoms with Gasteiger partial charge in [-0.15, -0.1) is 0 Å². The number of aryl methyl sites for hydroxylation is 4. The summed E-state index contributed by atoms with van der Waals surface area (Å²) in [5.41, 5.74) is 13.0. The van der Waals surface area contributed by atoms with Crippen LogP contribution in [0.25, 0.3) is 44.5 Å². The van der Waals surface area contributed by atoms with E-state index in [1.165, 1.54) is 44.2 Å². The third-order valence-electron chi connectivity index (χ3n) is 13.4. The molecule has 12 nitrogen and oxygen atoms in total. The molecule has 0 radical (unpaired) electrons. The summed E-state index contributed by atoms with van der Waals surface area (Å²) in [5.74, 6) is -2.94. The van der Waals surface area contributed by atoms with Crippen LogP contribution in [0.3, 0.4) is 0 Å². The predicted molar refractivity (Wildman–Crippen MR) is 305 cm³/mol. The zero-order chi connectivity index (χ0) is 58.1. The van der Waals surface area contributed by atoms with Crippen LogP contribution >= 0.6 is 0 Å². The lowest BCUT2D eigenvalue weighted by Crippen LogP contribution is -2.11. The number of carbonyl (C=O) groups is 6. The van der Waals surface area contributed by atoms with Crippen molar-refractivity contribution in [3.05, 3.63) is 216 Å². The zero-order valence-electron chi connectivity index (χ0n) is 45.7. The maximum Gasteiger partial charge on any atom is 0.338 e. The molecular weight excluding hydrogens is 1020 g/mol. The van der Waals surface area contributed by atoms with E-state index >= 15 is 4.39 Å². The molecule has 0 fully saturated rings. The topological polar surface area (TPSA) is 158 Å². The number of hydrogen-bond acceptors (Lipinski definition) is 12. The van der Waals surface area contributed by atoms with Crippen molar-refractivity contribution in [1.82, 2.24) is 0 Å². The first-order valence-electron chi connectivity index (χ1n) is 25.6. The molecule has 0 aromatic heterocycles. The van der Waals surface area contributed by atoms with Gasteiger partial charge in [0, 0.05) is 69.2 Å². The Morgan fingerprint density at radius 3 is 1.51 bits per heavy atom. The van der Waals surface area contributed by atoms with Crippen molar-refractivity contribution >= 4 is 35.8 Å². The molecule has 408 valence electrons. The van der Waals surface area contributed by atoms with E-state index in [1.54, 1.807) is 44.2 Å². The fraction of sp³-hybridized carbons (Fsp3) is 0.194. The van der Waals surface area contributed by atoms with Gasteiger partial charge in [0.2, 0.25) is 0 Å². The van der Waals surface area contributed by atoms with Gasteiger partial charge in [-0.05, 0) is 159 Å². The zero-order valence-corrected chi connectivity index (χ0v) is 45.7. The van der Waals surface area contributed by atoms with Crippen molar-refractivity contribution in [1.29, 1.82) is 0 Å². The molecule has 0 aliphatic heterocycles.